The molecule has 2 rings (SSSR count). The van der Waals surface area contributed by atoms with Crippen molar-refractivity contribution in [3.8, 4) is 11.5 Å². The fourth-order valence-electron chi connectivity index (χ4n) is 2.16. The Morgan fingerprint density at radius 2 is 1.67 bits per heavy atom. The van der Waals surface area contributed by atoms with Gasteiger partial charge in [0.05, 0.1) is 19.4 Å². The van der Waals surface area contributed by atoms with Crippen LogP contribution in [0.15, 0.2) is 24.3 Å². The van der Waals surface area contributed by atoms with Gasteiger partial charge in [-0.15, -0.1) is 0 Å². The number of rotatable bonds is 5. The van der Waals surface area contributed by atoms with E-state index >= 15 is 0 Å². The standard InChI is InChI=1S/C17H14F4N2O3S/c1-3-26-9-7-5-4-6-8(9)22-17(27)23-16(24)10-11(18)13(20)15(25-2)14(21)12(10)19/h4-7H,3H2,1-2H3,(H2,22,23,24,27). The van der Waals surface area contributed by atoms with Crippen LogP contribution >= 0.6 is 12.2 Å². The number of carbonyl (C=O) groups is 1. The number of amides is 1. The van der Waals surface area contributed by atoms with Gasteiger partial charge in [-0.05, 0) is 31.3 Å². The third kappa shape index (κ3) is 4.27. The number of nitrogens with one attached hydrogen (secondary N) is 2. The molecule has 0 fully saturated rings. The highest BCUT2D eigenvalue weighted by molar-refractivity contribution is 7.80. The molecule has 0 aliphatic carbocycles. The number of carbonyl (C=O) groups excluding carboxylic acids is 1. The van der Waals surface area contributed by atoms with Crippen LogP contribution in [0, 0.1) is 23.3 Å². The SMILES string of the molecule is CCOc1ccccc1NC(=S)NC(=O)c1c(F)c(F)c(OC)c(F)c1F. The number of thiocarbonyl (C=S) groups is 1. The summed E-state index contributed by atoms with van der Waals surface area (Å²) >= 11 is 4.90. The molecule has 0 aliphatic rings. The summed E-state index contributed by atoms with van der Waals surface area (Å²) in [7, 11) is 0.828. The summed E-state index contributed by atoms with van der Waals surface area (Å²) in [6.07, 6.45) is 0. The number of benzene rings is 2. The third-order valence-corrected chi connectivity index (χ3v) is 3.52. The van der Waals surface area contributed by atoms with E-state index in [0.717, 1.165) is 7.11 Å². The average Bonchev–Trinajstić information content (AvgIpc) is 2.62. The lowest BCUT2D eigenvalue weighted by Gasteiger charge is -2.14. The first-order valence-corrected chi connectivity index (χ1v) is 7.96. The van der Waals surface area contributed by atoms with E-state index in [1.165, 1.54) is 0 Å². The van der Waals surface area contributed by atoms with Crippen molar-refractivity contribution < 1.29 is 31.8 Å². The Balaban J connectivity index is 2.25. The van der Waals surface area contributed by atoms with Crippen molar-refractivity contribution in [2.75, 3.05) is 19.0 Å². The Kier molecular flexibility index (Phi) is 6.56. The van der Waals surface area contributed by atoms with Crippen LogP contribution in [0.5, 0.6) is 11.5 Å². The van der Waals surface area contributed by atoms with E-state index in [-0.39, 0.29) is 5.11 Å². The molecule has 0 aromatic heterocycles. The highest BCUT2D eigenvalue weighted by atomic mass is 32.1. The molecule has 0 atom stereocenters. The predicted molar refractivity (Wildman–Crippen MR) is 94.1 cm³/mol. The minimum atomic E-state index is -1.90. The molecule has 1 amide bonds. The number of methoxy groups -OCH3 is 1. The largest absolute Gasteiger partial charge is 0.492 e. The number of hydrogen-bond acceptors (Lipinski definition) is 4. The number of para-hydroxylation sites is 2. The number of anilines is 1. The Hall–Kier alpha value is -2.88. The van der Waals surface area contributed by atoms with E-state index in [4.69, 9.17) is 17.0 Å². The zero-order valence-corrected chi connectivity index (χ0v) is 15.0. The molecule has 2 aromatic carbocycles. The first kappa shape index (κ1) is 20.4. The molecular formula is C17H14F4N2O3S. The van der Waals surface area contributed by atoms with Crippen molar-refractivity contribution >= 4 is 28.9 Å². The van der Waals surface area contributed by atoms with Crippen molar-refractivity contribution in [1.29, 1.82) is 0 Å². The molecule has 0 radical (unpaired) electrons. The maximum absolute atomic E-state index is 14.0. The molecule has 0 aliphatic heterocycles. The second-order valence-corrected chi connectivity index (χ2v) is 5.41. The number of halogens is 4. The van der Waals surface area contributed by atoms with Crippen LogP contribution in [0.2, 0.25) is 0 Å². The van der Waals surface area contributed by atoms with Crippen LogP contribution in [0.3, 0.4) is 0 Å². The van der Waals surface area contributed by atoms with Crippen LogP contribution < -0.4 is 20.1 Å². The summed E-state index contributed by atoms with van der Waals surface area (Å²) in [6.45, 7) is 2.12. The van der Waals surface area contributed by atoms with Crippen molar-refractivity contribution in [2.45, 2.75) is 6.92 Å². The third-order valence-electron chi connectivity index (χ3n) is 3.32. The van der Waals surface area contributed by atoms with Crippen molar-refractivity contribution in [3.05, 3.63) is 53.1 Å². The van der Waals surface area contributed by atoms with E-state index in [1.54, 1.807) is 31.2 Å². The normalized spacial score (nSPS) is 10.3. The number of hydrogen-bond donors (Lipinski definition) is 2. The second kappa shape index (κ2) is 8.67. The van der Waals surface area contributed by atoms with Crippen LogP contribution in [-0.4, -0.2) is 24.7 Å². The van der Waals surface area contributed by atoms with Gasteiger partial charge in [-0.25, -0.2) is 8.78 Å². The Morgan fingerprint density at radius 1 is 1.07 bits per heavy atom. The lowest BCUT2D eigenvalue weighted by Crippen LogP contribution is -2.35. The zero-order valence-electron chi connectivity index (χ0n) is 14.2. The molecule has 0 unspecified atom stereocenters. The Labute approximate surface area is 157 Å². The van der Waals surface area contributed by atoms with Crippen LogP contribution in [-0.2, 0) is 0 Å². The summed E-state index contributed by atoms with van der Waals surface area (Å²) < 4.78 is 65.0. The summed E-state index contributed by atoms with van der Waals surface area (Å²) in [6, 6.07) is 6.56. The first-order chi connectivity index (χ1) is 12.8. The zero-order chi connectivity index (χ0) is 20.1. The van der Waals surface area contributed by atoms with Crippen molar-refractivity contribution in [3.63, 3.8) is 0 Å². The monoisotopic (exact) mass is 402 g/mol. The van der Waals surface area contributed by atoms with Crippen LogP contribution in [0.4, 0.5) is 23.2 Å². The minimum absolute atomic E-state index is 0.359. The molecule has 5 nitrogen and oxygen atoms in total. The van der Waals surface area contributed by atoms with E-state index in [0.29, 0.717) is 18.0 Å². The highest BCUT2D eigenvalue weighted by Gasteiger charge is 2.30. The van der Waals surface area contributed by atoms with E-state index in [1.807, 2.05) is 5.32 Å². The van der Waals surface area contributed by atoms with Crippen molar-refractivity contribution in [2.24, 2.45) is 0 Å². The quantitative estimate of drug-likeness (QED) is 0.453. The predicted octanol–water partition coefficient (Wildman–Crippen LogP) is 3.78. The molecule has 2 N–H and O–H groups in total. The Morgan fingerprint density at radius 3 is 2.22 bits per heavy atom. The first-order valence-electron chi connectivity index (χ1n) is 7.55. The van der Waals surface area contributed by atoms with Crippen LogP contribution in [0.1, 0.15) is 17.3 Å². The van der Waals surface area contributed by atoms with Gasteiger partial charge in [0.1, 0.15) is 11.3 Å². The van der Waals surface area contributed by atoms with Gasteiger partial charge in [0.25, 0.3) is 5.91 Å². The van der Waals surface area contributed by atoms with E-state index in [2.05, 4.69) is 10.1 Å². The van der Waals surface area contributed by atoms with Crippen LogP contribution in [0.25, 0.3) is 0 Å². The summed E-state index contributed by atoms with van der Waals surface area (Å²) in [4.78, 5) is 12.1. The minimum Gasteiger partial charge on any atom is -0.492 e. The van der Waals surface area contributed by atoms with Gasteiger partial charge in [0.15, 0.2) is 22.5 Å². The molecule has 2 aromatic rings. The fraction of sp³-hybridized carbons (Fsp3) is 0.176. The maximum atomic E-state index is 14.0. The molecule has 0 bridgehead atoms. The number of ether oxygens (including phenoxy) is 2. The highest BCUT2D eigenvalue weighted by Crippen LogP contribution is 2.30. The average molecular weight is 402 g/mol. The van der Waals surface area contributed by atoms with Gasteiger partial charge in [0, 0.05) is 0 Å². The molecular weight excluding hydrogens is 388 g/mol. The fourth-order valence-corrected chi connectivity index (χ4v) is 2.36. The summed E-state index contributed by atoms with van der Waals surface area (Å²) in [5, 5.41) is 4.20. The van der Waals surface area contributed by atoms with Gasteiger partial charge >= 0.3 is 0 Å². The van der Waals surface area contributed by atoms with E-state index < -0.39 is 40.5 Å². The van der Waals surface area contributed by atoms with Gasteiger partial charge in [-0.3, -0.25) is 10.1 Å². The maximum Gasteiger partial charge on any atom is 0.263 e. The molecule has 0 saturated carbocycles. The second-order valence-electron chi connectivity index (χ2n) is 5.00. The van der Waals surface area contributed by atoms with Gasteiger partial charge < -0.3 is 14.8 Å². The molecule has 0 saturated heterocycles. The van der Waals surface area contributed by atoms with Crippen molar-refractivity contribution in [1.82, 2.24) is 5.32 Å². The van der Waals surface area contributed by atoms with Gasteiger partial charge in [-0.2, -0.15) is 8.78 Å². The van der Waals surface area contributed by atoms with E-state index in [9.17, 15) is 22.4 Å². The summed E-state index contributed by atoms with van der Waals surface area (Å²) in [5.41, 5.74) is -1.09. The topological polar surface area (TPSA) is 59.6 Å². The molecule has 10 heteroatoms. The lowest BCUT2D eigenvalue weighted by molar-refractivity contribution is 0.0966. The molecule has 0 spiro atoms. The van der Waals surface area contributed by atoms with Gasteiger partial charge in [-0.1, -0.05) is 12.1 Å². The molecule has 27 heavy (non-hydrogen) atoms. The smallest absolute Gasteiger partial charge is 0.263 e. The lowest BCUT2D eigenvalue weighted by atomic mass is 10.1. The molecule has 144 valence electrons. The molecule has 0 heterocycles. The van der Waals surface area contributed by atoms with Gasteiger partial charge in [0.2, 0.25) is 11.6 Å². The summed E-state index contributed by atoms with van der Waals surface area (Å²) in [5.74, 6) is -9.80. The Bertz CT molecular complexity index is 864.